The van der Waals surface area contributed by atoms with Crippen LogP contribution in [0.3, 0.4) is 0 Å². The van der Waals surface area contributed by atoms with Crippen molar-refractivity contribution in [3.8, 4) is 10.4 Å². The van der Waals surface area contributed by atoms with Crippen LogP contribution in [0.15, 0.2) is 36.4 Å². The average Bonchev–Trinajstić information content (AvgIpc) is 3.18. The van der Waals surface area contributed by atoms with Crippen LogP contribution in [-0.2, 0) is 14.3 Å². The second-order valence-corrected chi connectivity index (χ2v) is 7.99. The molecule has 8 heteroatoms. The number of rotatable bonds is 5. The minimum absolute atomic E-state index is 0.0228. The van der Waals surface area contributed by atoms with Gasteiger partial charge in [0, 0.05) is 11.3 Å². The van der Waals surface area contributed by atoms with E-state index in [0.29, 0.717) is 5.00 Å². The molecule has 2 N–H and O–H groups in total. The number of ketones is 1. The molecule has 1 amide bonds. The van der Waals surface area contributed by atoms with Gasteiger partial charge in [-0.05, 0) is 11.6 Å². The van der Waals surface area contributed by atoms with E-state index in [1.165, 1.54) is 18.4 Å². The van der Waals surface area contributed by atoms with E-state index < -0.39 is 11.2 Å². The molecule has 6 nitrogen and oxygen atoms in total. The second kappa shape index (κ2) is 7.84. The molecule has 1 aliphatic heterocycles. The fourth-order valence-electron chi connectivity index (χ4n) is 2.54. The van der Waals surface area contributed by atoms with Crippen molar-refractivity contribution in [2.24, 2.45) is 0 Å². The van der Waals surface area contributed by atoms with Gasteiger partial charge in [-0.2, -0.15) is 0 Å². The van der Waals surface area contributed by atoms with E-state index in [1.807, 2.05) is 30.3 Å². The molecule has 0 saturated carbocycles. The Hall–Kier alpha value is -2.45. The van der Waals surface area contributed by atoms with Crippen molar-refractivity contribution in [1.82, 2.24) is 0 Å². The van der Waals surface area contributed by atoms with Crippen LogP contribution in [0.1, 0.15) is 23.2 Å². The van der Waals surface area contributed by atoms with E-state index in [1.54, 1.807) is 6.07 Å². The first-order valence-corrected chi connectivity index (χ1v) is 9.51. The Labute approximate surface area is 158 Å². The Kier molecular flexibility index (Phi) is 5.53. The summed E-state index contributed by atoms with van der Waals surface area (Å²) in [6.07, 6.45) is 0.0677. The fraction of sp³-hybridized carbons (Fsp3) is 0.222. The predicted octanol–water partition coefficient (Wildman–Crippen LogP) is 3.58. The molecule has 26 heavy (non-hydrogen) atoms. The number of amides is 1. The van der Waals surface area contributed by atoms with Crippen molar-refractivity contribution >= 4 is 50.8 Å². The number of carbonyl (C=O) groups is 3. The van der Waals surface area contributed by atoms with Crippen molar-refractivity contribution in [1.29, 1.82) is 5.41 Å². The smallest absolute Gasteiger partial charge is 0.340 e. The number of benzene rings is 1. The first-order valence-electron chi connectivity index (χ1n) is 7.82. The molecular formula is C18H16N2O4S2. The van der Waals surface area contributed by atoms with Crippen LogP contribution in [0.2, 0.25) is 0 Å². The van der Waals surface area contributed by atoms with E-state index >= 15 is 0 Å². The molecule has 0 aliphatic carbocycles. The maximum absolute atomic E-state index is 12.3. The van der Waals surface area contributed by atoms with E-state index in [2.05, 4.69) is 5.32 Å². The van der Waals surface area contributed by atoms with Crippen LogP contribution in [0.25, 0.3) is 10.4 Å². The van der Waals surface area contributed by atoms with E-state index in [0.717, 1.165) is 22.2 Å². The second-order valence-electron chi connectivity index (χ2n) is 5.64. The van der Waals surface area contributed by atoms with Gasteiger partial charge in [-0.15, -0.1) is 11.3 Å². The molecule has 2 aromatic rings. The number of nitrogens with one attached hydrogen (secondary N) is 2. The van der Waals surface area contributed by atoms with Gasteiger partial charge < -0.3 is 10.1 Å². The summed E-state index contributed by atoms with van der Waals surface area (Å²) >= 11 is 2.39. The molecule has 1 aromatic carbocycles. The van der Waals surface area contributed by atoms with Gasteiger partial charge in [0.25, 0.3) is 0 Å². The van der Waals surface area contributed by atoms with Crippen LogP contribution in [0.5, 0.6) is 0 Å². The van der Waals surface area contributed by atoms with Crippen molar-refractivity contribution in [2.75, 3.05) is 12.4 Å². The number of Topliss-reactive ketones (excluding diaryl/α,β-unsaturated/α-hetero) is 1. The molecule has 134 valence electrons. The molecule has 1 aliphatic rings. The van der Waals surface area contributed by atoms with E-state index in [-0.39, 0.29) is 35.1 Å². The number of hydrogen-bond donors (Lipinski definition) is 2. The molecule has 0 spiro atoms. The summed E-state index contributed by atoms with van der Waals surface area (Å²) < 4.78 is 4.80. The lowest BCUT2D eigenvalue weighted by molar-refractivity contribution is -0.121. The number of esters is 1. The van der Waals surface area contributed by atoms with Crippen molar-refractivity contribution in [3.05, 3.63) is 42.0 Å². The fourth-order valence-corrected chi connectivity index (χ4v) is 4.63. The third kappa shape index (κ3) is 4.03. The van der Waals surface area contributed by atoms with Gasteiger partial charge >= 0.3 is 5.97 Å². The van der Waals surface area contributed by atoms with Gasteiger partial charge in [-0.3, -0.25) is 15.0 Å². The number of ether oxygens (including phenoxy) is 1. The zero-order valence-electron chi connectivity index (χ0n) is 13.9. The summed E-state index contributed by atoms with van der Waals surface area (Å²) in [5.41, 5.74) is 1.21. The number of carbonyl (C=O) groups excluding carboxylic acids is 3. The highest BCUT2D eigenvalue weighted by molar-refractivity contribution is 8.15. The molecular weight excluding hydrogens is 372 g/mol. The molecule has 0 bridgehead atoms. The maximum Gasteiger partial charge on any atom is 0.340 e. The summed E-state index contributed by atoms with van der Waals surface area (Å²) in [4.78, 5) is 37.0. The molecule has 0 radical (unpaired) electrons. The van der Waals surface area contributed by atoms with Crippen molar-refractivity contribution in [2.45, 2.75) is 18.1 Å². The highest BCUT2D eigenvalue weighted by Crippen LogP contribution is 2.36. The average molecular weight is 388 g/mol. The number of anilines is 1. The summed E-state index contributed by atoms with van der Waals surface area (Å²) in [6, 6.07) is 11.2. The quantitative estimate of drug-likeness (QED) is 0.763. The lowest BCUT2D eigenvalue weighted by atomic mass is 10.1. The molecule has 1 fully saturated rings. The van der Waals surface area contributed by atoms with Crippen LogP contribution in [0, 0.1) is 5.41 Å². The van der Waals surface area contributed by atoms with Gasteiger partial charge in [0.15, 0.2) is 5.78 Å². The Morgan fingerprint density at radius 2 is 2.04 bits per heavy atom. The summed E-state index contributed by atoms with van der Waals surface area (Å²) in [7, 11) is 1.28. The number of hydrogen-bond acceptors (Lipinski definition) is 7. The first-order chi connectivity index (χ1) is 12.5. The lowest BCUT2D eigenvalue weighted by Crippen LogP contribution is -2.21. The van der Waals surface area contributed by atoms with Gasteiger partial charge in [0.05, 0.1) is 29.4 Å². The lowest BCUT2D eigenvalue weighted by Gasteiger charge is -2.08. The summed E-state index contributed by atoms with van der Waals surface area (Å²) in [6.45, 7) is 0. The zero-order chi connectivity index (χ0) is 18.7. The third-order valence-electron chi connectivity index (χ3n) is 3.80. The van der Waals surface area contributed by atoms with Crippen molar-refractivity contribution < 1.29 is 19.1 Å². The van der Waals surface area contributed by atoms with Gasteiger partial charge in [-0.1, -0.05) is 42.1 Å². The van der Waals surface area contributed by atoms with Gasteiger partial charge in [0.1, 0.15) is 5.00 Å². The third-order valence-corrected chi connectivity index (χ3v) is 6.04. The predicted molar refractivity (Wildman–Crippen MR) is 103 cm³/mol. The molecule has 1 saturated heterocycles. The summed E-state index contributed by atoms with van der Waals surface area (Å²) in [5, 5.41) is 10.4. The monoisotopic (exact) mass is 388 g/mol. The first kappa shape index (κ1) is 18.3. The number of methoxy groups -OCH3 is 1. The molecule has 1 atom stereocenters. The highest BCUT2D eigenvalue weighted by Gasteiger charge is 2.31. The summed E-state index contributed by atoms with van der Waals surface area (Å²) in [5.74, 6) is -1.01. The zero-order valence-corrected chi connectivity index (χ0v) is 15.5. The number of thioether (sulfide) groups is 1. The van der Waals surface area contributed by atoms with Crippen LogP contribution in [-0.4, -0.2) is 35.1 Å². The van der Waals surface area contributed by atoms with Gasteiger partial charge in [0.2, 0.25) is 5.91 Å². The molecule has 1 aromatic heterocycles. The molecule has 3 rings (SSSR count). The Morgan fingerprint density at radius 3 is 2.65 bits per heavy atom. The van der Waals surface area contributed by atoms with Gasteiger partial charge in [-0.25, -0.2) is 4.79 Å². The Bertz CT molecular complexity index is 877. The standard InChI is InChI=1S/C18H16N2O4S2/c1-24-18(23)11-7-13(10-5-3-2-4-6-10)26-17(11)20-16(22)9-14-12(21)8-15(19)25-14/h2-7,14,19H,8-9H2,1H3,(H,20,22). The van der Waals surface area contributed by atoms with E-state index in [4.69, 9.17) is 10.1 Å². The van der Waals surface area contributed by atoms with Crippen LogP contribution >= 0.6 is 23.1 Å². The topological polar surface area (TPSA) is 96.3 Å². The highest BCUT2D eigenvalue weighted by atomic mass is 32.2. The van der Waals surface area contributed by atoms with Crippen molar-refractivity contribution in [3.63, 3.8) is 0 Å². The normalized spacial score (nSPS) is 16.6. The molecule has 1 unspecified atom stereocenters. The van der Waals surface area contributed by atoms with Crippen LogP contribution < -0.4 is 5.32 Å². The molecule has 2 heterocycles. The minimum Gasteiger partial charge on any atom is -0.465 e. The Morgan fingerprint density at radius 1 is 1.31 bits per heavy atom. The SMILES string of the molecule is COC(=O)c1cc(-c2ccccc2)sc1NC(=O)CC1SC(=N)CC1=O. The maximum atomic E-state index is 12.3. The Balaban J connectivity index is 1.80. The minimum atomic E-state index is -0.535. The van der Waals surface area contributed by atoms with Crippen LogP contribution in [0.4, 0.5) is 5.00 Å². The van der Waals surface area contributed by atoms with E-state index in [9.17, 15) is 14.4 Å². The number of thiophene rings is 1. The largest absolute Gasteiger partial charge is 0.465 e.